The van der Waals surface area contributed by atoms with Gasteiger partial charge in [-0.05, 0) is 48.9 Å². The smallest absolute Gasteiger partial charge is 0.348 e. The summed E-state index contributed by atoms with van der Waals surface area (Å²) < 4.78 is 17.9. The van der Waals surface area contributed by atoms with Crippen LogP contribution >= 0.6 is 0 Å². The van der Waals surface area contributed by atoms with Gasteiger partial charge in [-0.2, -0.15) is 0 Å². The van der Waals surface area contributed by atoms with Crippen LogP contribution < -0.4 is 10.4 Å². The fraction of sp³-hybridized carbons (Fsp3) is 0.103. The second-order valence-electron chi connectivity index (χ2n) is 8.18. The lowest BCUT2D eigenvalue weighted by Crippen LogP contribution is -2.09. The van der Waals surface area contributed by atoms with Gasteiger partial charge in [-0.25, -0.2) is 9.59 Å². The Labute approximate surface area is 206 Å². The third kappa shape index (κ3) is 3.62. The van der Waals surface area contributed by atoms with E-state index < -0.39 is 11.6 Å². The van der Waals surface area contributed by atoms with Crippen LogP contribution in [0.2, 0.25) is 0 Å². The van der Waals surface area contributed by atoms with Crippen molar-refractivity contribution in [2.75, 3.05) is 14.2 Å². The number of nitrogens with zero attached hydrogens (tertiary/aromatic N) is 1. The Morgan fingerprint density at radius 2 is 1.56 bits per heavy atom. The molecule has 0 spiro atoms. The lowest BCUT2D eigenvalue weighted by atomic mass is 9.96. The van der Waals surface area contributed by atoms with Crippen LogP contribution in [0.15, 0.2) is 88.1 Å². The van der Waals surface area contributed by atoms with Gasteiger partial charge in [0.1, 0.15) is 22.6 Å². The number of hydrogen-bond acceptors (Lipinski definition) is 6. The van der Waals surface area contributed by atoms with E-state index in [9.17, 15) is 14.7 Å². The Bertz CT molecular complexity index is 1650. The van der Waals surface area contributed by atoms with Gasteiger partial charge in [-0.3, -0.25) is 0 Å². The summed E-state index contributed by atoms with van der Waals surface area (Å²) in [6.07, 6.45) is 0. The van der Waals surface area contributed by atoms with Crippen molar-refractivity contribution >= 4 is 16.9 Å². The zero-order valence-electron chi connectivity index (χ0n) is 19.9. The summed E-state index contributed by atoms with van der Waals surface area (Å²) >= 11 is 0. The monoisotopic (exact) mass is 481 g/mol. The lowest BCUT2D eigenvalue weighted by Gasteiger charge is -2.14. The maximum atomic E-state index is 13.3. The third-order valence-corrected chi connectivity index (χ3v) is 6.21. The first-order valence-corrected chi connectivity index (χ1v) is 11.2. The largest absolute Gasteiger partial charge is 0.506 e. The van der Waals surface area contributed by atoms with E-state index in [1.807, 2.05) is 59.2 Å². The van der Waals surface area contributed by atoms with Crippen molar-refractivity contribution < 1.29 is 23.8 Å². The summed E-state index contributed by atoms with van der Waals surface area (Å²) in [6, 6.07) is 23.4. The molecule has 0 unspecified atom stereocenters. The van der Waals surface area contributed by atoms with Gasteiger partial charge in [-0.15, -0.1) is 0 Å². The zero-order chi connectivity index (χ0) is 25.4. The van der Waals surface area contributed by atoms with Crippen LogP contribution in [-0.4, -0.2) is 29.9 Å². The maximum Gasteiger partial charge on any atom is 0.348 e. The van der Waals surface area contributed by atoms with Crippen LogP contribution in [-0.2, 0) is 4.74 Å². The topological polar surface area (TPSA) is 90.9 Å². The molecule has 0 bridgehead atoms. The quantitative estimate of drug-likeness (QED) is 0.255. The van der Waals surface area contributed by atoms with Gasteiger partial charge in [0.25, 0.3) is 0 Å². The van der Waals surface area contributed by atoms with Crippen molar-refractivity contribution in [2.24, 2.45) is 0 Å². The second-order valence-corrected chi connectivity index (χ2v) is 8.18. The van der Waals surface area contributed by atoms with Gasteiger partial charge in [-0.1, -0.05) is 42.5 Å². The number of fused-ring (bicyclic) bond motifs is 1. The molecule has 2 aromatic heterocycles. The van der Waals surface area contributed by atoms with E-state index in [2.05, 4.69) is 0 Å². The number of methoxy groups -OCH3 is 2. The normalized spacial score (nSPS) is 11.0. The SMILES string of the molecule is COC(=O)c1c(-c2c(O)c3ccccc3oc2=O)c(-c2ccccc2)n(-c2ccc(OC)cc2)c1C. The van der Waals surface area contributed by atoms with E-state index in [-0.39, 0.29) is 28.0 Å². The lowest BCUT2D eigenvalue weighted by molar-refractivity contribution is 0.0601. The van der Waals surface area contributed by atoms with E-state index in [0.717, 1.165) is 11.3 Å². The number of carbonyl (C=O) groups excluding carboxylic acids is 1. The van der Waals surface area contributed by atoms with Gasteiger partial charge in [0, 0.05) is 16.9 Å². The van der Waals surface area contributed by atoms with Gasteiger partial charge >= 0.3 is 11.6 Å². The molecule has 7 nitrogen and oxygen atoms in total. The molecule has 5 rings (SSSR count). The highest BCUT2D eigenvalue weighted by molar-refractivity contribution is 6.06. The molecule has 180 valence electrons. The van der Waals surface area contributed by atoms with Crippen molar-refractivity contribution in [3.05, 3.63) is 101 Å². The molecule has 0 atom stereocenters. The number of rotatable bonds is 5. The van der Waals surface area contributed by atoms with E-state index in [4.69, 9.17) is 13.9 Å². The van der Waals surface area contributed by atoms with Gasteiger partial charge in [0.2, 0.25) is 0 Å². The molecule has 0 amide bonds. The number of para-hydroxylation sites is 1. The summed E-state index contributed by atoms with van der Waals surface area (Å²) in [7, 11) is 2.86. The fourth-order valence-corrected chi connectivity index (χ4v) is 4.56. The molecule has 3 aromatic carbocycles. The Hall–Kier alpha value is -4.78. The minimum absolute atomic E-state index is 0.108. The second kappa shape index (κ2) is 9.11. The molecule has 0 saturated heterocycles. The molecule has 0 aliphatic carbocycles. The number of aromatic nitrogens is 1. The summed E-state index contributed by atoms with van der Waals surface area (Å²) in [6.45, 7) is 1.77. The van der Waals surface area contributed by atoms with Crippen LogP contribution in [0.5, 0.6) is 11.5 Å². The Morgan fingerprint density at radius 1 is 0.889 bits per heavy atom. The van der Waals surface area contributed by atoms with Crippen molar-refractivity contribution in [2.45, 2.75) is 6.92 Å². The van der Waals surface area contributed by atoms with Crippen LogP contribution in [0.3, 0.4) is 0 Å². The first-order valence-electron chi connectivity index (χ1n) is 11.2. The number of ether oxygens (including phenoxy) is 2. The number of aromatic hydroxyl groups is 1. The van der Waals surface area contributed by atoms with Crippen LogP contribution in [0.1, 0.15) is 16.1 Å². The number of carbonyl (C=O) groups is 1. The van der Waals surface area contributed by atoms with Crippen molar-refractivity contribution in [1.82, 2.24) is 4.57 Å². The van der Waals surface area contributed by atoms with Crippen LogP contribution in [0.25, 0.3) is 39.0 Å². The molecular formula is C29H23NO6. The fourth-order valence-electron chi connectivity index (χ4n) is 4.56. The summed E-state index contributed by atoms with van der Waals surface area (Å²) in [4.78, 5) is 26.5. The van der Waals surface area contributed by atoms with Crippen molar-refractivity contribution in [3.63, 3.8) is 0 Å². The molecular weight excluding hydrogens is 458 g/mol. The van der Waals surface area contributed by atoms with Gasteiger partial charge < -0.3 is 23.6 Å². The first-order chi connectivity index (χ1) is 17.5. The van der Waals surface area contributed by atoms with Gasteiger partial charge in [0.15, 0.2) is 0 Å². The zero-order valence-corrected chi connectivity index (χ0v) is 19.9. The first kappa shape index (κ1) is 23.0. The highest BCUT2D eigenvalue weighted by Gasteiger charge is 2.32. The highest BCUT2D eigenvalue weighted by atomic mass is 16.5. The predicted molar refractivity (Wildman–Crippen MR) is 137 cm³/mol. The molecule has 0 radical (unpaired) electrons. The van der Waals surface area contributed by atoms with Crippen molar-refractivity contribution in [1.29, 1.82) is 0 Å². The molecule has 0 aliphatic rings. The molecule has 0 fully saturated rings. The third-order valence-electron chi connectivity index (χ3n) is 6.21. The standard InChI is InChI=1S/C29H23NO6/c1-17-23(28(32)35-3)24(25-27(31)21-11-7-8-12-22(21)36-29(25)33)26(18-9-5-4-6-10-18)30(17)19-13-15-20(34-2)16-14-19/h4-16,31H,1-3H3. The molecule has 2 heterocycles. The highest BCUT2D eigenvalue weighted by Crippen LogP contribution is 2.44. The van der Waals surface area contributed by atoms with E-state index in [0.29, 0.717) is 22.5 Å². The molecule has 5 aromatic rings. The maximum absolute atomic E-state index is 13.3. The van der Waals surface area contributed by atoms with Crippen LogP contribution in [0, 0.1) is 6.92 Å². The average Bonchev–Trinajstić information content (AvgIpc) is 3.21. The molecule has 1 N–H and O–H groups in total. The number of hydrogen-bond donors (Lipinski definition) is 1. The summed E-state index contributed by atoms with van der Waals surface area (Å²) in [5.74, 6) is -0.235. The average molecular weight is 482 g/mol. The van der Waals surface area contributed by atoms with Gasteiger partial charge in [0.05, 0.1) is 30.9 Å². The number of benzene rings is 3. The predicted octanol–water partition coefficient (Wildman–Crippen LogP) is 5.73. The molecule has 36 heavy (non-hydrogen) atoms. The molecule has 0 aliphatic heterocycles. The number of esters is 1. The van der Waals surface area contributed by atoms with Crippen molar-refractivity contribution in [3.8, 4) is 39.6 Å². The Morgan fingerprint density at radius 3 is 2.22 bits per heavy atom. The minimum atomic E-state index is -0.764. The molecule has 0 saturated carbocycles. The summed E-state index contributed by atoms with van der Waals surface area (Å²) in [5.41, 5.74) is 2.30. The van der Waals surface area contributed by atoms with E-state index >= 15 is 0 Å². The summed E-state index contributed by atoms with van der Waals surface area (Å²) in [5, 5.41) is 11.7. The van der Waals surface area contributed by atoms with E-state index in [1.54, 1.807) is 38.3 Å². The van der Waals surface area contributed by atoms with Crippen LogP contribution in [0.4, 0.5) is 0 Å². The Kier molecular flexibility index (Phi) is 5.82. The minimum Gasteiger partial charge on any atom is -0.506 e. The Balaban J connectivity index is 1.97. The van der Waals surface area contributed by atoms with E-state index in [1.165, 1.54) is 7.11 Å². The molecule has 7 heteroatoms.